The molecule has 4 aromatic rings. The van der Waals surface area contributed by atoms with Gasteiger partial charge in [-0.3, -0.25) is 13.9 Å². The van der Waals surface area contributed by atoms with Crippen LogP contribution in [0.25, 0.3) is 11.0 Å². The number of nitrogens with zero attached hydrogens (tertiary/aromatic N) is 3. The molecule has 29 heavy (non-hydrogen) atoms. The molecule has 1 aromatic carbocycles. The number of amides is 1. The Morgan fingerprint density at radius 1 is 1.03 bits per heavy atom. The summed E-state index contributed by atoms with van der Waals surface area (Å²) >= 11 is 3.44. The van der Waals surface area contributed by atoms with Crippen molar-refractivity contribution in [2.45, 2.75) is 32.5 Å². The molecule has 0 fully saturated rings. The second kappa shape index (κ2) is 7.31. The van der Waals surface area contributed by atoms with Crippen LogP contribution in [0.2, 0.25) is 0 Å². The van der Waals surface area contributed by atoms with E-state index < -0.39 is 0 Å². The maximum atomic E-state index is 13.5. The lowest BCUT2D eigenvalue weighted by atomic mass is 9.98. The molecule has 0 aliphatic carbocycles. The molecule has 0 bridgehead atoms. The standard InChI is InChI=1S/C22H21N3O2S2/c1-2-23-16-6-3-4-7-17(16)25(22(23)27)14-20(26)24-11-9-18-15(10-13-29-18)21(24)19-8-5-12-28-19/h3-8,10,12-13,21H,2,9,11,14H2,1H3. The Hall–Kier alpha value is -2.64. The number of hydrogen-bond acceptors (Lipinski definition) is 4. The Bertz CT molecular complexity index is 1230. The molecular weight excluding hydrogens is 402 g/mol. The predicted octanol–water partition coefficient (Wildman–Crippen LogP) is 4.12. The van der Waals surface area contributed by atoms with Gasteiger partial charge in [-0.25, -0.2) is 4.79 Å². The third-order valence-corrected chi connectivity index (χ3v) is 7.55. The number of aromatic nitrogens is 2. The minimum atomic E-state index is -0.122. The van der Waals surface area contributed by atoms with E-state index in [4.69, 9.17) is 0 Å². The highest BCUT2D eigenvalue weighted by molar-refractivity contribution is 7.10. The summed E-state index contributed by atoms with van der Waals surface area (Å²) in [6.07, 6.45) is 0.867. The topological polar surface area (TPSA) is 47.2 Å². The van der Waals surface area contributed by atoms with E-state index in [1.165, 1.54) is 15.3 Å². The van der Waals surface area contributed by atoms with E-state index in [0.717, 1.165) is 17.5 Å². The highest BCUT2D eigenvalue weighted by Gasteiger charge is 2.33. The number of imidazole rings is 1. The van der Waals surface area contributed by atoms with Gasteiger partial charge in [0, 0.05) is 22.8 Å². The zero-order chi connectivity index (χ0) is 20.0. The average Bonchev–Trinajstić information content (AvgIpc) is 3.47. The molecule has 1 aliphatic rings. The molecule has 1 atom stereocenters. The summed E-state index contributed by atoms with van der Waals surface area (Å²) in [6.45, 7) is 3.28. The van der Waals surface area contributed by atoms with Crippen molar-refractivity contribution in [2.75, 3.05) is 6.54 Å². The number of fused-ring (bicyclic) bond motifs is 2. The van der Waals surface area contributed by atoms with Crippen molar-refractivity contribution < 1.29 is 4.79 Å². The van der Waals surface area contributed by atoms with Crippen molar-refractivity contribution in [3.05, 3.63) is 79.0 Å². The van der Waals surface area contributed by atoms with Gasteiger partial charge in [0.05, 0.1) is 17.1 Å². The minimum Gasteiger partial charge on any atom is -0.329 e. The maximum Gasteiger partial charge on any atom is 0.329 e. The van der Waals surface area contributed by atoms with Gasteiger partial charge in [-0.15, -0.1) is 22.7 Å². The first-order valence-electron chi connectivity index (χ1n) is 9.76. The highest BCUT2D eigenvalue weighted by Crippen LogP contribution is 2.39. The van der Waals surface area contributed by atoms with E-state index in [2.05, 4.69) is 22.9 Å². The number of carbonyl (C=O) groups is 1. The first-order chi connectivity index (χ1) is 14.2. The van der Waals surface area contributed by atoms with Gasteiger partial charge in [0.2, 0.25) is 5.91 Å². The lowest BCUT2D eigenvalue weighted by molar-refractivity contribution is -0.133. The molecule has 5 rings (SSSR count). The number of rotatable bonds is 4. The molecule has 5 nitrogen and oxygen atoms in total. The van der Waals surface area contributed by atoms with Gasteiger partial charge in [0.15, 0.2) is 0 Å². The molecule has 0 radical (unpaired) electrons. The second-order valence-corrected chi connectivity index (χ2v) is 9.14. The van der Waals surface area contributed by atoms with E-state index in [-0.39, 0.29) is 24.2 Å². The number of benzene rings is 1. The highest BCUT2D eigenvalue weighted by atomic mass is 32.1. The van der Waals surface area contributed by atoms with Gasteiger partial charge >= 0.3 is 5.69 Å². The Morgan fingerprint density at radius 3 is 2.55 bits per heavy atom. The fraction of sp³-hybridized carbons (Fsp3) is 0.273. The van der Waals surface area contributed by atoms with Crippen LogP contribution in [-0.4, -0.2) is 26.5 Å². The quantitative estimate of drug-likeness (QED) is 0.496. The molecule has 4 heterocycles. The van der Waals surface area contributed by atoms with Gasteiger partial charge < -0.3 is 4.90 Å². The van der Waals surface area contributed by atoms with E-state index in [0.29, 0.717) is 13.1 Å². The zero-order valence-electron chi connectivity index (χ0n) is 16.1. The number of aryl methyl sites for hydroxylation is 1. The van der Waals surface area contributed by atoms with Crippen molar-refractivity contribution in [1.29, 1.82) is 0 Å². The van der Waals surface area contributed by atoms with Crippen LogP contribution in [0.3, 0.4) is 0 Å². The van der Waals surface area contributed by atoms with E-state index in [9.17, 15) is 9.59 Å². The Balaban J connectivity index is 1.54. The summed E-state index contributed by atoms with van der Waals surface area (Å²) in [4.78, 5) is 30.9. The van der Waals surface area contributed by atoms with Gasteiger partial charge in [-0.1, -0.05) is 18.2 Å². The first-order valence-corrected chi connectivity index (χ1v) is 11.5. The average molecular weight is 424 g/mol. The van der Waals surface area contributed by atoms with Crippen LogP contribution in [0.4, 0.5) is 0 Å². The fourth-order valence-corrected chi connectivity index (χ4v) is 6.05. The SMILES string of the molecule is CCn1c(=O)n(CC(=O)N2CCc3sccc3C2c2cccs2)c2ccccc21. The van der Waals surface area contributed by atoms with Crippen molar-refractivity contribution in [1.82, 2.24) is 14.0 Å². The van der Waals surface area contributed by atoms with Crippen molar-refractivity contribution in [3.8, 4) is 0 Å². The molecule has 3 aromatic heterocycles. The summed E-state index contributed by atoms with van der Waals surface area (Å²) in [5.74, 6) is -0.0126. The monoisotopic (exact) mass is 423 g/mol. The molecular formula is C22H21N3O2S2. The fourth-order valence-electron chi connectivity index (χ4n) is 4.30. The molecule has 1 aliphatic heterocycles. The molecule has 148 valence electrons. The van der Waals surface area contributed by atoms with Crippen LogP contribution < -0.4 is 5.69 Å². The van der Waals surface area contributed by atoms with E-state index >= 15 is 0 Å². The second-order valence-electron chi connectivity index (χ2n) is 7.16. The number of carbonyl (C=O) groups excluding carboxylic acids is 1. The first kappa shape index (κ1) is 18.4. The Morgan fingerprint density at radius 2 is 1.83 bits per heavy atom. The zero-order valence-corrected chi connectivity index (χ0v) is 17.7. The van der Waals surface area contributed by atoms with Crippen LogP contribution in [0, 0.1) is 0 Å². The molecule has 0 spiro atoms. The third-order valence-electron chi connectivity index (χ3n) is 5.63. The summed E-state index contributed by atoms with van der Waals surface area (Å²) in [5.41, 5.74) is 2.79. The lowest BCUT2D eigenvalue weighted by Gasteiger charge is -2.35. The molecule has 1 unspecified atom stereocenters. The normalized spacial score (nSPS) is 16.3. The number of para-hydroxylation sites is 2. The number of hydrogen-bond donors (Lipinski definition) is 0. The van der Waals surface area contributed by atoms with Crippen molar-refractivity contribution >= 4 is 39.6 Å². The van der Waals surface area contributed by atoms with Crippen molar-refractivity contribution in [2.24, 2.45) is 0 Å². The van der Waals surface area contributed by atoms with Gasteiger partial charge in [0.25, 0.3) is 0 Å². The molecule has 1 amide bonds. The van der Waals surface area contributed by atoms with Crippen LogP contribution in [0.15, 0.2) is 58.0 Å². The van der Waals surface area contributed by atoms with Gasteiger partial charge in [-0.2, -0.15) is 0 Å². The summed E-state index contributed by atoms with van der Waals surface area (Å²) in [7, 11) is 0. The van der Waals surface area contributed by atoms with E-state index in [1.807, 2.05) is 42.2 Å². The minimum absolute atomic E-state index is 0.0126. The van der Waals surface area contributed by atoms with Crippen LogP contribution in [-0.2, 0) is 24.3 Å². The predicted molar refractivity (Wildman–Crippen MR) is 118 cm³/mol. The van der Waals surface area contributed by atoms with Crippen LogP contribution in [0.1, 0.15) is 28.3 Å². The maximum absolute atomic E-state index is 13.5. The molecule has 7 heteroatoms. The largest absolute Gasteiger partial charge is 0.329 e. The van der Waals surface area contributed by atoms with Crippen LogP contribution >= 0.6 is 22.7 Å². The molecule has 0 N–H and O–H groups in total. The lowest BCUT2D eigenvalue weighted by Crippen LogP contribution is -2.42. The molecule has 0 saturated heterocycles. The van der Waals surface area contributed by atoms with Gasteiger partial charge in [-0.05, 0) is 53.9 Å². The van der Waals surface area contributed by atoms with Crippen LogP contribution in [0.5, 0.6) is 0 Å². The number of thiophene rings is 2. The van der Waals surface area contributed by atoms with E-state index in [1.54, 1.807) is 31.8 Å². The van der Waals surface area contributed by atoms with Gasteiger partial charge in [0.1, 0.15) is 6.54 Å². The Labute approximate surface area is 176 Å². The third kappa shape index (κ3) is 2.96. The smallest absolute Gasteiger partial charge is 0.329 e. The summed E-state index contributed by atoms with van der Waals surface area (Å²) in [5, 5.41) is 4.16. The summed E-state index contributed by atoms with van der Waals surface area (Å²) < 4.78 is 3.35. The van der Waals surface area contributed by atoms with Crippen molar-refractivity contribution in [3.63, 3.8) is 0 Å². The Kier molecular flexibility index (Phi) is 4.64. The summed E-state index contributed by atoms with van der Waals surface area (Å²) in [6, 6.07) is 13.9. The molecule has 0 saturated carbocycles.